The SMILES string of the molecule is CCCCN(CC(=O)Nc1cccc(Br)c1)CC(=O)Nc1cccc(Br)c1. The van der Waals surface area contributed by atoms with Crippen LogP contribution in [0, 0.1) is 0 Å². The summed E-state index contributed by atoms with van der Waals surface area (Å²) in [6.45, 7) is 3.10. The van der Waals surface area contributed by atoms with Gasteiger partial charge in [0.05, 0.1) is 13.1 Å². The molecule has 0 aliphatic heterocycles. The first-order valence-corrected chi connectivity index (χ1v) is 10.4. The fourth-order valence-electron chi connectivity index (χ4n) is 2.54. The van der Waals surface area contributed by atoms with E-state index in [2.05, 4.69) is 49.4 Å². The van der Waals surface area contributed by atoms with Gasteiger partial charge in [-0.05, 0) is 49.4 Å². The van der Waals surface area contributed by atoms with E-state index < -0.39 is 0 Å². The Labute approximate surface area is 176 Å². The lowest BCUT2D eigenvalue weighted by Crippen LogP contribution is -2.39. The van der Waals surface area contributed by atoms with Crippen molar-refractivity contribution in [2.24, 2.45) is 0 Å². The van der Waals surface area contributed by atoms with Crippen molar-refractivity contribution < 1.29 is 9.59 Å². The number of amides is 2. The fraction of sp³-hybridized carbons (Fsp3) is 0.300. The fourth-order valence-corrected chi connectivity index (χ4v) is 3.33. The van der Waals surface area contributed by atoms with Crippen LogP contribution in [-0.4, -0.2) is 36.3 Å². The zero-order chi connectivity index (χ0) is 19.6. The third-order valence-corrected chi connectivity index (χ3v) is 4.77. The summed E-state index contributed by atoms with van der Waals surface area (Å²) in [5.74, 6) is -0.279. The van der Waals surface area contributed by atoms with E-state index in [-0.39, 0.29) is 24.9 Å². The zero-order valence-corrected chi connectivity index (χ0v) is 18.3. The summed E-state index contributed by atoms with van der Waals surface area (Å²) in [5.41, 5.74) is 1.45. The Kier molecular flexibility index (Phi) is 8.97. The van der Waals surface area contributed by atoms with Crippen molar-refractivity contribution in [1.82, 2.24) is 4.90 Å². The van der Waals surface area contributed by atoms with Gasteiger partial charge in [0.25, 0.3) is 0 Å². The molecule has 0 spiro atoms. The highest BCUT2D eigenvalue weighted by atomic mass is 79.9. The maximum atomic E-state index is 12.4. The third-order valence-electron chi connectivity index (χ3n) is 3.78. The Morgan fingerprint density at radius 2 is 1.37 bits per heavy atom. The summed E-state index contributed by atoms with van der Waals surface area (Å²) in [5, 5.41) is 5.74. The molecule has 2 aromatic rings. The molecule has 0 unspecified atom stereocenters. The van der Waals surface area contributed by atoms with E-state index in [0.717, 1.165) is 33.2 Å². The van der Waals surface area contributed by atoms with E-state index in [9.17, 15) is 9.59 Å². The van der Waals surface area contributed by atoms with Crippen molar-refractivity contribution in [3.05, 3.63) is 57.5 Å². The van der Waals surface area contributed by atoms with Gasteiger partial charge < -0.3 is 10.6 Å². The minimum atomic E-state index is -0.139. The molecule has 2 amide bonds. The highest BCUT2D eigenvalue weighted by molar-refractivity contribution is 9.10. The predicted octanol–water partition coefficient (Wildman–Crippen LogP) is 4.89. The normalized spacial score (nSPS) is 10.7. The van der Waals surface area contributed by atoms with Crippen molar-refractivity contribution in [3.8, 4) is 0 Å². The first kappa shape index (κ1) is 21.6. The molecule has 0 fully saturated rings. The van der Waals surface area contributed by atoms with Crippen LogP contribution >= 0.6 is 31.9 Å². The van der Waals surface area contributed by atoms with E-state index in [1.807, 2.05) is 53.4 Å². The summed E-state index contributed by atoms with van der Waals surface area (Å²) in [4.78, 5) is 26.6. The minimum absolute atomic E-state index is 0.139. The van der Waals surface area contributed by atoms with Crippen molar-refractivity contribution in [2.45, 2.75) is 19.8 Å². The first-order valence-electron chi connectivity index (χ1n) is 8.79. The number of nitrogens with zero attached hydrogens (tertiary/aromatic N) is 1. The van der Waals surface area contributed by atoms with E-state index in [0.29, 0.717) is 6.54 Å². The first-order chi connectivity index (χ1) is 13.0. The second kappa shape index (κ2) is 11.2. The van der Waals surface area contributed by atoms with Crippen LogP contribution in [0.3, 0.4) is 0 Å². The quantitative estimate of drug-likeness (QED) is 0.519. The topological polar surface area (TPSA) is 61.4 Å². The monoisotopic (exact) mass is 495 g/mol. The molecule has 0 bridgehead atoms. The highest BCUT2D eigenvalue weighted by Crippen LogP contribution is 2.16. The molecular formula is C20H23Br2N3O2. The molecule has 0 aromatic heterocycles. The molecular weight excluding hydrogens is 474 g/mol. The summed E-state index contributed by atoms with van der Waals surface area (Å²) in [6.07, 6.45) is 1.92. The van der Waals surface area contributed by atoms with E-state index >= 15 is 0 Å². The summed E-state index contributed by atoms with van der Waals surface area (Å²) < 4.78 is 1.80. The highest BCUT2D eigenvalue weighted by Gasteiger charge is 2.15. The van der Waals surface area contributed by atoms with Crippen LogP contribution in [0.1, 0.15) is 19.8 Å². The van der Waals surface area contributed by atoms with Crippen LogP contribution in [0.5, 0.6) is 0 Å². The van der Waals surface area contributed by atoms with Gasteiger partial charge in [0, 0.05) is 20.3 Å². The van der Waals surface area contributed by atoms with E-state index in [1.54, 1.807) is 0 Å². The Morgan fingerprint density at radius 3 is 1.78 bits per heavy atom. The molecule has 2 rings (SSSR count). The third kappa shape index (κ3) is 8.24. The smallest absolute Gasteiger partial charge is 0.238 e. The largest absolute Gasteiger partial charge is 0.325 e. The van der Waals surface area contributed by atoms with Crippen molar-refractivity contribution >= 4 is 55.0 Å². The summed E-state index contributed by atoms with van der Waals surface area (Å²) in [6, 6.07) is 14.9. The molecule has 0 aliphatic carbocycles. The predicted molar refractivity (Wildman–Crippen MR) is 117 cm³/mol. The average molecular weight is 497 g/mol. The number of anilines is 2. The maximum absolute atomic E-state index is 12.4. The molecule has 27 heavy (non-hydrogen) atoms. The van der Waals surface area contributed by atoms with Gasteiger partial charge in [-0.1, -0.05) is 57.3 Å². The number of unbranched alkanes of at least 4 members (excludes halogenated alkanes) is 1. The molecule has 0 aliphatic rings. The van der Waals surface area contributed by atoms with Crippen LogP contribution in [0.25, 0.3) is 0 Å². The Balaban J connectivity index is 1.92. The molecule has 2 N–H and O–H groups in total. The van der Waals surface area contributed by atoms with Crippen LogP contribution in [-0.2, 0) is 9.59 Å². The second-order valence-electron chi connectivity index (χ2n) is 6.18. The van der Waals surface area contributed by atoms with Crippen molar-refractivity contribution in [3.63, 3.8) is 0 Å². The number of carbonyl (C=O) groups excluding carboxylic acids is 2. The minimum Gasteiger partial charge on any atom is -0.325 e. The number of carbonyl (C=O) groups is 2. The van der Waals surface area contributed by atoms with Gasteiger partial charge in [-0.25, -0.2) is 0 Å². The molecule has 0 saturated carbocycles. The van der Waals surface area contributed by atoms with Crippen LogP contribution in [0.15, 0.2) is 57.5 Å². The lowest BCUT2D eigenvalue weighted by Gasteiger charge is -2.21. The molecule has 0 atom stereocenters. The lowest BCUT2D eigenvalue weighted by atomic mass is 10.3. The van der Waals surface area contributed by atoms with E-state index in [4.69, 9.17) is 0 Å². The Morgan fingerprint density at radius 1 is 0.889 bits per heavy atom. The van der Waals surface area contributed by atoms with Crippen molar-refractivity contribution in [2.75, 3.05) is 30.3 Å². The molecule has 7 heteroatoms. The van der Waals surface area contributed by atoms with Crippen molar-refractivity contribution in [1.29, 1.82) is 0 Å². The molecule has 0 heterocycles. The lowest BCUT2D eigenvalue weighted by molar-refractivity contribution is -0.120. The molecule has 144 valence electrons. The Hall–Kier alpha value is -1.70. The molecule has 0 radical (unpaired) electrons. The van der Waals surface area contributed by atoms with E-state index in [1.165, 1.54) is 0 Å². The van der Waals surface area contributed by atoms with Gasteiger partial charge >= 0.3 is 0 Å². The number of nitrogens with one attached hydrogen (secondary N) is 2. The van der Waals surface area contributed by atoms with Crippen LogP contribution in [0.4, 0.5) is 11.4 Å². The van der Waals surface area contributed by atoms with Gasteiger partial charge in [-0.3, -0.25) is 14.5 Å². The van der Waals surface area contributed by atoms with Gasteiger partial charge in [0.15, 0.2) is 0 Å². The van der Waals surface area contributed by atoms with Gasteiger partial charge in [0.2, 0.25) is 11.8 Å². The number of halogens is 2. The Bertz CT molecular complexity index is 722. The number of rotatable bonds is 9. The second-order valence-corrected chi connectivity index (χ2v) is 8.01. The number of benzene rings is 2. The molecule has 5 nitrogen and oxygen atoms in total. The number of hydrogen-bond donors (Lipinski definition) is 2. The number of hydrogen-bond acceptors (Lipinski definition) is 3. The van der Waals surface area contributed by atoms with Crippen LogP contribution < -0.4 is 10.6 Å². The zero-order valence-electron chi connectivity index (χ0n) is 15.2. The van der Waals surface area contributed by atoms with Gasteiger partial charge in [-0.15, -0.1) is 0 Å². The summed E-state index contributed by atoms with van der Waals surface area (Å²) >= 11 is 6.78. The standard InChI is InChI=1S/C20H23Br2N3O2/c1-2-3-10-25(13-19(26)23-17-8-4-6-15(21)11-17)14-20(27)24-18-9-5-7-16(22)12-18/h4-9,11-12H,2-3,10,13-14H2,1H3,(H,23,26)(H,24,27). The maximum Gasteiger partial charge on any atom is 0.238 e. The average Bonchev–Trinajstić information content (AvgIpc) is 2.59. The van der Waals surface area contributed by atoms with Gasteiger partial charge in [0.1, 0.15) is 0 Å². The molecule has 0 saturated heterocycles. The summed E-state index contributed by atoms with van der Waals surface area (Å²) in [7, 11) is 0. The van der Waals surface area contributed by atoms with Crippen LogP contribution in [0.2, 0.25) is 0 Å². The van der Waals surface area contributed by atoms with Gasteiger partial charge in [-0.2, -0.15) is 0 Å². The molecule has 2 aromatic carbocycles.